The van der Waals surface area contributed by atoms with Crippen LogP contribution in [0.5, 0.6) is 5.75 Å². The Morgan fingerprint density at radius 2 is 2.00 bits per heavy atom. The Kier molecular flexibility index (Phi) is 4.56. The summed E-state index contributed by atoms with van der Waals surface area (Å²) in [4.78, 5) is 23.8. The van der Waals surface area contributed by atoms with Crippen molar-refractivity contribution in [3.63, 3.8) is 0 Å². The number of rotatable bonds is 4. The van der Waals surface area contributed by atoms with Crippen LogP contribution in [-0.4, -0.2) is 38.1 Å². The fourth-order valence-corrected chi connectivity index (χ4v) is 4.54. The molecular formula is C25H26N6O. The van der Waals surface area contributed by atoms with Crippen LogP contribution in [0.2, 0.25) is 0 Å². The fraction of sp³-hybridized carbons (Fsp3) is 0.360. The molecule has 1 aliphatic heterocycles. The lowest BCUT2D eigenvalue weighted by molar-refractivity contribution is 0.331. The van der Waals surface area contributed by atoms with Gasteiger partial charge in [0.2, 0.25) is 0 Å². The molecule has 32 heavy (non-hydrogen) atoms. The smallest absolute Gasteiger partial charge is 0.177 e. The van der Waals surface area contributed by atoms with Crippen LogP contribution in [0, 0.1) is 19.8 Å². The molecule has 1 aromatic carbocycles. The Hall–Kier alpha value is -3.48. The van der Waals surface area contributed by atoms with Gasteiger partial charge in [-0.1, -0.05) is 6.07 Å². The predicted molar refractivity (Wildman–Crippen MR) is 124 cm³/mol. The predicted octanol–water partition coefficient (Wildman–Crippen LogP) is 4.38. The zero-order valence-corrected chi connectivity index (χ0v) is 18.4. The van der Waals surface area contributed by atoms with Crippen molar-refractivity contribution < 1.29 is 4.74 Å². The third-order valence-electron chi connectivity index (χ3n) is 6.46. The normalized spacial score (nSPS) is 16.0. The zero-order valence-electron chi connectivity index (χ0n) is 18.4. The summed E-state index contributed by atoms with van der Waals surface area (Å²) in [5.74, 6) is 3.66. The lowest BCUT2D eigenvalue weighted by atomic mass is 10.0. The molecule has 1 aliphatic carbocycles. The molecule has 1 fully saturated rings. The highest BCUT2D eigenvalue weighted by Gasteiger charge is 2.27. The van der Waals surface area contributed by atoms with Crippen LogP contribution >= 0.6 is 0 Å². The SMILES string of the molecule is Cc1nc2ncc(-c3ccc4c(c3)CN(c3ncnc(C)c3CC3CC3)CCO4)cc2[nH]1. The number of imidazole rings is 1. The highest BCUT2D eigenvalue weighted by atomic mass is 16.5. The van der Waals surface area contributed by atoms with Crippen LogP contribution in [0.15, 0.2) is 36.8 Å². The average molecular weight is 427 g/mol. The number of nitrogens with one attached hydrogen (secondary N) is 1. The van der Waals surface area contributed by atoms with Crippen LogP contribution in [0.4, 0.5) is 5.82 Å². The van der Waals surface area contributed by atoms with Gasteiger partial charge in [-0.25, -0.2) is 19.9 Å². The van der Waals surface area contributed by atoms with Crippen LogP contribution in [0.1, 0.15) is 35.5 Å². The molecule has 7 heteroatoms. The highest BCUT2D eigenvalue weighted by Crippen LogP contribution is 2.37. The van der Waals surface area contributed by atoms with Gasteiger partial charge in [-0.15, -0.1) is 0 Å². The van der Waals surface area contributed by atoms with Gasteiger partial charge >= 0.3 is 0 Å². The van der Waals surface area contributed by atoms with Crippen molar-refractivity contribution in [2.45, 2.75) is 39.7 Å². The van der Waals surface area contributed by atoms with Crippen LogP contribution < -0.4 is 9.64 Å². The zero-order chi connectivity index (χ0) is 21.7. The van der Waals surface area contributed by atoms with Crippen molar-refractivity contribution in [3.05, 3.63) is 59.4 Å². The molecule has 0 bridgehead atoms. The number of ether oxygens (including phenoxy) is 1. The number of aromatic nitrogens is 5. The Balaban J connectivity index is 1.35. The third-order valence-corrected chi connectivity index (χ3v) is 6.46. The van der Waals surface area contributed by atoms with Crippen molar-refractivity contribution >= 4 is 17.0 Å². The van der Waals surface area contributed by atoms with E-state index in [1.165, 1.54) is 18.4 Å². The number of pyridine rings is 1. The van der Waals surface area contributed by atoms with E-state index in [1.54, 1.807) is 6.33 Å². The number of benzene rings is 1. The number of aryl methyl sites for hydroxylation is 2. The van der Waals surface area contributed by atoms with E-state index in [0.29, 0.717) is 6.61 Å². The van der Waals surface area contributed by atoms with Gasteiger partial charge in [0.15, 0.2) is 5.65 Å². The summed E-state index contributed by atoms with van der Waals surface area (Å²) in [5.41, 5.74) is 7.43. The molecule has 0 atom stereocenters. The van der Waals surface area contributed by atoms with E-state index in [9.17, 15) is 0 Å². The fourth-order valence-electron chi connectivity index (χ4n) is 4.54. The molecule has 0 spiro atoms. The highest BCUT2D eigenvalue weighted by molar-refractivity contribution is 5.78. The largest absolute Gasteiger partial charge is 0.491 e. The van der Waals surface area contributed by atoms with Crippen molar-refractivity contribution in [1.82, 2.24) is 24.9 Å². The first-order valence-electron chi connectivity index (χ1n) is 11.3. The molecule has 1 N–H and O–H groups in total. The summed E-state index contributed by atoms with van der Waals surface area (Å²) in [6.45, 7) is 6.25. The van der Waals surface area contributed by atoms with Crippen molar-refractivity contribution in [1.29, 1.82) is 0 Å². The summed E-state index contributed by atoms with van der Waals surface area (Å²) < 4.78 is 6.11. The molecule has 0 unspecified atom stereocenters. The van der Waals surface area contributed by atoms with E-state index >= 15 is 0 Å². The first-order valence-corrected chi connectivity index (χ1v) is 11.3. The molecule has 0 amide bonds. The van der Waals surface area contributed by atoms with Crippen molar-refractivity contribution in [2.24, 2.45) is 5.92 Å². The second-order valence-corrected chi connectivity index (χ2v) is 8.92. The van der Waals surface area contributed by atoms with Gasteiger partial charge in [0.05, 0.1) is 12.1 Å². The van der Waals surface area contributed by atoms with Gasteiger partial charge < -0.3 is 14.6 Å². The minimum Gasteiger partial charge on any atom is -0.491 e. The van der Waals surface area contributed by atoms with E-state index in [-0.39, 0.29) is 0 Å². The number of H-pyrrole nitrogens is 1. The van der Waals surface area contributed by atoms with Gasteiger partial charge in [-0.05, 0) is 62.8 Å². The van der Waals surface area contributed by atoms with Gasteiger partial charge in [0.1, 0.15) is 30.3 Å². The topological polar surface area (TPSA) is 79.8 Å². The quantitative estimate of drug-likeness (QED) is 0.522. The maximum absolute atomic E-state index is 6.11. The second kappa shape index (κ2) is 7.58. The average Bonchev–Trinajstić information content (AvgIpc) is 3.56. The molecule has 3 aromatic heterocycles. The Morgan fingerprint density at radius 3 is 2.88 bits per heavy atom. The molecule has 4 heterocycles. The number of hydrogen-bond acceptors (Lipinski definition) is 6. The summed E-state index contributed by atoms with van der Waals surface area (Å²) in [6, 6.07) is 8.51. The van der Waals surface area contributed by atoms with Crippen molar-refractivity contribution in [3.8, 4) is 16.9 Å². The van der Waals surface area contributed by atoms with E-state index < -0.39 is 0 Å². The third kappa shape index (κ3) is 3.57. The number of nitrogens with zero attached hydrogens (tertiary/aromatic N) is 5. The first kappa shape index (κ1) is 19.2. The van der Waals surface area contributed by atoms with Gasteiger partial charge in [0, 0.05) is 35.1 Å². The van der Waals surface area contributed by atoms with Gasteiger partial charge in [-0.3, -0.25) is 0 Å². The maximum Gasteiger partial charge on any atom is 0.177 e. The van der Waals surface area contributed by atoms with E-state index in [0.717, 1.165) is 76.4 Å². The van der Waals surface area contributed by atoms with E-state index in [1.807, 2.05) is 13.1 Å². The number of fused-ring (bicyclic) bond motifs is 2. The molecule has 7 nitrogen and oxygen atoms in total. The monoisotopic (exact) mass is 426 g/mol. The van der Waals surface area contributed by atoms with Gasteiger partial charge in [-0.2, -0.15) is 0 Å². The molecule has 2 aliphatic rings. The Labute approximate surface area is 186 Å². The molecule has 6 rings (SSSR count). The minimum absolute atomic E-state index is 0.638. The molecule has 162 valence electrons. The van der Waals surface area contributed by atoms with E-state index in [2.05, 4.69) is 56.0 Å². The maximum atomic E-state index is 6.11. The van der Waals surface area contributed by atoms with Crippen LogP contribution in [-0.2, 0) is 13.0 Å². The lowest BCUT2D eigenvalue weighted by Gasteiger charge is -2.24. The lowest BCUT2D eigenvalue weighted by Crippen LogP contribution is -2.28. The Morgan fingerprint density at radius 1 is 1.09 bits per heavy atom. The van der Waals surface area contributed by atoms with Crippen molar-refractivity contribution in [2.75, 3.05) is 18.1 Å². The standard InChI is InChI=1S/C25H26N6O/c1-15-21(9-17-3-4-17)25(28-14-27-15)31-7-8-32-23-6-5-18(10-20(23)13-31)19-11-22-24(26-12-19)30-16(2)29-22/h5-6,10-12,14,17H,3-4,7-9,13H2,1-2H3,(H,26,29,30). The molecular weight excluding hydrogens is 400 g/mol. The molecule has 0 saturated heterocycles. The Bertz CT molecular complexity index is 1310. The van der Waals surface area contributed by atoms with Crippen LogP contribution in [0.25, 0.3) is 22.3 Å². The second-order valence-electron chi connectivity index (χ2n) is 8.92. The molecule has 1 saturated carbocycles. The summed E-state index contributed by atoms with van der Waals surface area (Å²) >= 11 is 0. The summed E-state index contributed by atoms with van der Waals surface area (Å²) in [5, 5.41) is 0. The number of hydrogen-bond donors (Lipinski definition) is 1. The minimum atomic E-state index is 0.638. The molecule has 4 aromatic rings. The first-order chi connectivity index (χ1) is 15.6. The van der Waals surface area contributed by atoms with E-state index in [4.69, 9.17) is 9.72 Å². The summed E-state index contributed by atoms with van der Waals surface area (Å²) in [7, 11) is 0. The van der Waals surface area contributed by atoms with Crippen LogP contribution in [0.3, 0.4) is 0 Å². The summed E-state index contributed by atoms with van der Waals surface area (Å²) in [6.07, 6.45) is 7.29. The number of aromatic amines is 1. The number of anilines is 1. The van der Waals surface area contributed by atoms with Gasteiger partial charge in [0.25, 0.3) is 0 Å². The molecule has 0 radical (unpaired) electrons.